The van der Waals surface area contributed by atoms with Crippen LogP contribution < -0.4 is 11.2 Å². The molecule has 5 rings (SSSR count). The van der Waals surface area contributed by atoms with E-state index in [0.717, 1.165) is 36.3 Å². The zero-order valence-electron chi connectivity index (χ0n) is 20.1. The lowest BCUT2D eigenvalue weighted by Crippen LogP contribution is -2.39. The van der Waals surface area contributed by atoms with Crippen molar-refractivity contribution in [3.8, 4) is 5.69 Å². The molecule has 184 valence electrons. The summed E-state index contributed by atoms with van der Waals surface area (Å²) in [6.07, 6.45) is 5.95. The third kappa shape index (κ3) is 4.70. The third-order valence-electron chi connectivity index (χ3n) is 6.49. The topological polar surface area (TPSA) is 95.8 Å². The molecule has 1 aliphatic heterocycles. The van der Waals surface area contributed by atoms with E-state index in [1.54, 1.807) is 36.8 Å². The molecule has 1 fully saturated rings. The van der Waals surface area contributed by atoms with Crippen molar-refractivity contribution in [2.45, 2.75) is 43.9 Å². The Labute approximate surface area is 207 Å². The predicted octanol–water partition coefficient (Wildman–Crippen LogP) is 2.18. The minimum atomic E-state index is -0.345. The lowest BCUT2D eigenvalue weighted by molar-refractivity contribution is 0.214. The van der Waals surface area contributed by atoms with Crippen molar-refractivity contribution in [2.75, 3.05) is 18.8 Å². The lowest BCUT2D eigenvalue weighted by Gasteiger charge is -2.26. The van der Waals surface area contributed by atoms with Crippen LogP contribution in [0.1, 0.15) is 31.5 Å². The molecule has 1 aromatic carbocycles. The maximum Gasteiger partial charge on any atom is 0.332 e. The fourth-order valence-corrected chi connectivity index (χ4v) is 5.52. The van der Waals surface area contributed by atoms with Gasteiger partial charge in [0.05, 0.1) is 12.9 Å². The smallest absolute Gasteiger partial charge is 0.328 e. The number of imidazole rings is 1. The molecule has 11 heteroatoms. The van der Waals surface area contributed by atoms with Gasteiger partial charge in [-0.2, -0.15) is 0 Å². The number of thioether (sulfide) groups is 1. The molecule has 4 aromatic rings. The highest BCUT2D eigenvalue weighted by atomic mass is 32.2. The Kier molecular flexibility index (Phi) is 6.87. The Balaban J connectivity index is 1.33. The van der Waals surface area contributed by atoms with Crippen LogP contribution in [0, 0.1) is 0 Å². The van der Waals surface area contributed by atoms with Crippen LogP contribution in [0.15, 0.2) is 51.4 Å². The van der Waals surface area contributed by atoms with Crippen molar-refractivity contribution in [1.82, 2.24) is 38.3 Å². The molecule has 3 aromatic heterocycles. The third-order valence-corrected chi connectivity index (χ3v) is 7.50. The highest BCUT2D eigenvalue weighted by Gasteiger charge is 2.19. The van der Waals surface area contributed by atoms with E-state index in [2.05, 4.69) is 36.8 Å². The summed E-state index contributed by atoms with van der Waals surface area (Å²) < 4.78 is 6.53. The Hall–Kier alpha value is -3.18. The average molecular weight is 495 g/mol. The molecule has 0 atom stereocenters. The second kappa shape index (κ2) is 10.2. The molecular weight excluding hydrogens is 464 g/mol. The number of piperidine rings is 1. The van der Waals surface area contributed by atoms with E-state index in [0.29, 0.717) is 29.9 Å². The number of nitrogens with zero attached hydrogens (tertiary/aromatic N) is 8. The van der Waals surface area contributed by atoms with Gasteiger partial charge in [0, 0.05) is 32.1 Å². The molecular formula is C24H30N8O2S. The van der Waals surface area contributed by atoms with Crippen molar-refractivity contribution in [2.24, 2.45) is 14.1 Å². The normalized spacial score (nSPS) is 14.7. The molecule has 0 saturated carbocycles. The molecule has 0 amide bonds. The van der Waals surface area contributed by atoms with Gasteiger partial charge >= 0.3 is 5.69 Å². The maximum absolute atomic E-state index is 12.9. The van der Waals surface area contributed by atoms with E-state index in [-0.39, 0.29) is 11.2 Å². The molecule has 10 nitrogen and oxygen atoms in total. The zero-order valence-corrected chi connectivity index (χ0v) is 20.9. The van der Waals surface area contributed by atoms with Crippen LogP contribution in [0.5, 0.6) is 0 Å². The molecule has 35 heavy (non-hydrogen) atoms. The number of para-hydroxylation sites is 1. The average Bonchev–Trinajstić information content (AvgIpc) is 3.46. The SMILES string of the molecule is Cn1cnc2c1c(=O)n(CCCSc1nnc(CN3CCCCC3)n1-c1ccccc1)c(=O)n2C. The summed E-state index contributed by atoms with van der Waals surface area (Å²) in [5, 5.41) is 9.86. The minimum absolute atomic E-state index is 0.302. The molecule has 0 spiro atoms. The number of aryl methyl sites for hydroxylation is 2. The Morgan fingerprint density at radius 3 is 2.54 bits per heavy atom. The number of hydrogen-bond acceptors (Lipinski definition) is 7. The van der Waals surface area contributed by atoms with Crippen molar-refractivity contribution < 1.29 is 0 Å². The van der Waals surface area contributed by atoms with Crippen LogP contribution >= 0.6 is 11.8 Å². The van der Waals surface area contributed by atoms with Crippen LogP contribution in [-0.4, -0.2) is 57.2 Å². The fourth-order valence-electron chi connectivity index (χ4n) is 4.63. The first-order chi connectivity index (χ1) is 17.0. The van der Waals surface area contributed by atoms with E-state index in [9.17, 15) is 9.59 Å². The second-order valence-corrected chi connectivity index (χ2v) is 10.00. The van der Waals surface area contributed by atoms with Gasteiger partial charge in [-0.05, 0) is 44.5 Å². The summed E-state index contributed by atoms with van der Waals surface area (Å²) in [5.41, 5.74) is 1.24. The summed E-state index contributed by atoms with van der Waals surface area (Å²) in [5.74, 6) is 1.64. The maximum atomic E-state index is 12.9. The second-order valence-electron chi connectivity index (χ2n) is 8.93. The van der Waals surface area contributed by atoms with Crippen LogP contribution in [0.2, 0.25) is 0 Å². The quantitative estimate of drug-likeness (QED) is 0.274. The van der Waals surface area contributed by atoms with Crippen molar-refractivity contribution in [3.63, 3.8) is 0 Å². The highest BCUT2D eigenvalue weighted by Crippen LogP contribution is 2.24. The molecule has 0 N–H and O–H groups in total. The Morgan fingerprint density at radius 2 is 1.77 bits per heavy atom. The van der Waals surface area contributed by atoms with Crippen LogP contribution in [0.25, 0.3) is 16.9 Å². The van der Waals surface area contributed by atoms with Gasteiger partial charge in [-0.1, -0.05) is 36.4 Å². The number of likely N-dealkylation sites (tertiary alicyclic amines) is 1. The van der Waals surface area contributed by atoms with Gasteiger partial charge in [-0.3, -0.25) is 23.4 Å². The van der Waals surface area contributed by atoms with Gasteiger partial charge in [0.15, 0.2) is 22.1 Å². The Bertz CT molecular complexity index is 1430. The standard InChI is InChI=1S/C24H30N8O2S/c1-28-17-25-21-20(28)22(33)31(24(34)29(21)2)14-9-15-35-23-27-26-19(16-30-12-7-4-8-13-30)32(23)18-10-5-3-6-11-18/h3,5-6,10-11,17H,4,7-9,12-16H2,1-2H3. The summed E-state index contributed by atoms with van der Waals surface area (Å²) in [6, 6.07) is 10.2. The van der Waals surface area contributed by atoms with Gasteiger partial charge in [-0.25, -0.2) is 9.78 Å². The summed E-state index contributed by atoms with van der Waals surface area (Å²) >= 11 is 1.60. The number of fused-ring (bicyclic) bond motifs is 1. The first-order valence-electron chi connectivity index (χ1n) is 12.0. The van der Waals surface area contributed by atoms with Crippen molar-refractivity contribution in [1.29, 1.82) is 0 Å². The first kappa shape index (κ1) is 23.6. The van der Waals surface area contributed by atoms with Gasteiger partial charge in [0.25, 0.3) is 5.56 Å². The first-order valence-corrected chi connectivity index (χ1v) is 13.0. The predicted molar refractivity (Wildman–Crippen MR) is 136 cm³/mol. The van der Waals surface area contributed by atoms with Gasteiger partial charge in [0.1, 0.15) is 0 Å². The summed E-state index contributed by atoms with van der Waals surface area (Å²) in [7, 11) is 3.41. The van der Waals surface area contributed by atoms with E-state index in [1.807, 2.05) is 18.2 Å². The Morgan fingerprint density at radius 1 is 1.00 bits per heavy atom. The molecule has 0 bridgehead atoms. The lowest BCUT2D eigenvalue weighted by atomic mass is 10.1. The van der Waals surface area contributed by atoms with Gasteiger partial charge in [0.2, 0.25) is 0 Å². The van der Waals surface area contributed by atoms with Crippen LogP contribution in [0.4, 0.5) is 0 Å². The number of hydrogen-bond donors (Lipinski definition) is 0. The number of aromatic nitrogens is 7. The van der Waals surface area contributed by atoms with Gasteiger partial charge in [-0.15, -0.1) is 10.2 Å². The monoisotopic (exact) mass is 494 g/mol. The largest absolute Gasteiger partial charge is 0.332 e. The number of rotatable bonds is 8. The van der Waals surface area contributed by atoms with Crippen LogP contribution in [-0.2, 0) is 27.2 Å². The van der Waals surface area contributed by atoms with E-state index in [1.165, 1.54) is 28.4 Å². The van der Waals surface area contributed by atoms with Gasteiger partial charge < -0.3 is 4.57 Å². The zero-order chi connectivity index (χ0) is 24.4. The summed E-state index contributed by atoms with van der Waals surface area (Å²) in [6.45, 7) is 3.29. The van der Waals surface area contributed by atoms with E-state index in [4.69, 9.17) is 0 Å². The molecule has 4 heterocycles. The molecule has 1 saturated heterocycles. The van der Waals surface area contributed by atoms with E-state index < -0.39 is 0 Å². The van der Waals surface area contributed by atoms with Crippen molar-refractivity contribution in [3.05, 3.63) is 63.3 Å². The fraction of sp³-hybridized carbons (Fsp3) is 0.458. The summed E-state index contributed by atoms with van der Waals surface area (Å²) in [4.78, 5) is 32.3. The molecule has 0 aliphatic carbocycles. The number of benzene rings is 1. The highest BCUT2D eigenvalue weighted by molar-refractivity contribution is 7.99. The molecule has 0 radical (unpaired) electrons. The van der Waals surface area contributed by atoms with Crippen LogP contribution in [0.3, 0.4) is 0 Å². The minimum Gasteiger partial charge on any atom is -0.328 e. The van der Waals surface area contributed by atoms with E-state index >= 15 is 0 Å². The molecule has 1 aliphatic rings. The molecule has 0 unspecified atom stereocenters. The van der Waals surface area contributed by atoms with Crippen molar-refractivity contribution >= 4 is 22.9 Å².